The van der Waals surface area contributed by atoms with Gasteiger partial charge >= 0.3 is 0 Å². The summed E-state index contributed by atoms with van der Waals surface area (Å²) in [5.74, 6) is -0.220. The van der Waals surface area contributed by atoms with Crippen molar-refractivity contribution in [3.05, 3.63) is 58.6 Å². The van der Waals surface area contributed by atoms with Crippen molar-refractivity contribution in [1.82, 2.24) is 4.72 Å². The molecule has 0 aromatic heterocycles. The molecule has 0 radical (unpaired) electrons. The van der Waals surface area contributed by atoms with E-state index in [1.165, 1.54) is 12.1 Å². The van der Waals surface area contributed by atoms with Gasteiger partial charge in [-0.05, 0) is 56.0 Å². The maximum absolute atomic E-state index is 13.1. The fourth-order valence-corrected chi connectivity index (χ4v) is 5.17. The number of hydrogen-bond acceptors (Lipinski definition) is 3. The van der Waals surface area contributed by atoms with Crippen LogP contribution >= 0.6 is 11.6 Å². The van der Waals surface area contributed by atoms with Crippen LogP contribution in [0.4, 0.5) is 5.69 Å². The first-order valence-corrected chi connectivity index (χ1v) is 10.5. The average molecular weight is 391 g/mol. The van der Waals surface area contributed by atoms with Crippen molar-refractivity contribution in [3.8, 4) is 0 Å². The summed E-state index contributed by atoms with van der Waals surface area (Å²) < 4.78 is 27.7. The van der Waals surface area contributed by atoms with E-state index in [1.54, 1.807) is 11.0 Å². The molecular weight excluding hydrogens is 372 g/mol. The minimum absolute atomic E-state index is 0.0141. The van der Waals surface area contributed by atoms with Crippen LogP contribution in [0.5, 0.6) is 0 Å². The van der Waals surface area contributed by atoms with Crippen molar-refractivity contribution >= 4 is 33.2 Å². The predicted octanol–water partition coefficient (Wildman–Crippen LogP) is 3.37. The van der Waals surface area contributed by atoms with Crippen LogP contribution in [0.15, 0.2) is 47.4 Å². The Morgan fingerprint density at radius 3 is 2.65 bits per heavy atom. The van der Waals surface area contributed by atoms with Crippen LogP contribution in [0.3, 0.4) is 0 Å². The van der Waals surface area contributed by atoms with Gasteiger partial charge < -0.3 is 4.90 Å². The van der Waals surface area contributed by atoms with Gasteiger partial charge in [-0.25, -0.2) is 13.1 Å². The number of nitrogens with one attached hydrogen (secondary N) is 1. The molecule has 1 N–H and O–H groups in total. The Balaban J connectivity index is 1.70. The highest BCUT2D eigenvalue weighted by molar-refractivity contribution is 7.89. The van der Waals surface area contributed by atoms with Crippen molar-refractivity contribution in [2.75, 3.05) is 4.90 Å². The number of nitrogens with zero attached hydrogens (tertiary/aromatic N) is 1. The van der Waals surface area contributed by atoms with Gasteiger partial charge in [0.2, 0.25) is 10.0 Å². The van der Waals surface area contributed by atoms with Crippen molar-refractivity contribution in [1.29, 1.82) is 0 Å². The van der Waals surface area contributed by atoms with Crippen LogP contribution in [0.25, 0.3) is 0 Å². The second-order valence-corrected chi connectivity index (χ2v) is 8.99. The van der Waals surface area contributed by atoms with Crippen LogP contribution in [-0.4, -0.2) is 26.4 Å². The van der Waals surface area contributed by atoms with E-state index >= 15 is 0 Å². The summed E-state index contributed by atoms with van der Waals surface area (Å²) in [5, 5.41) is 0.115. The zero-order valence-corrected chi connectivity index (χ0v) is 15.8. The normalized spacial score (nSPS) is 19.5. The summed E-state index contributed by atoms with van der Waals surface area (Å²) in [7, 11) is -3.73. The number of fused-ring (bicyclic) bond motifs is 1. The molecule has 0 spiro atoms. The number of anilines is 1. The van der Waals surface area contributed by atoms with Crippen LogP contribution in [-0.2, 0) is 16.4 Å². The largest absolute Gasteiger partial charge is 0.305 e. The molecule has 0 saturated heterocycles. The minimum Gasteiger partial charge on any atom is -0.305 e. The van der Waals surface area contributed by atoms with Gasteiger partial charge in [-0.15, -0.1) is 0 Å². The molecule has 0 bridgehead atoms. The van der Waals surface area contributed by atoms with E-state index in [4.69, 9.17) is 11.6 Å². The molecule has 1 atom stereocenters. The van der Waals surface area contributed by atoms with Gasteiger partial charge in [0.05, 0.1) is 5.02 Å². The zero-order chi connectivity index (χ0) is 18.5. The van der Waals surface area contributed by atoms with Crippen molar-refractivity contribution in [2.24, 2.45) is 0 Å². The monoisotopic (exact) mass is 390 g/mol. The Hall–Kier alpha value is -1.89. The minimum atomic E-state index is -3.73. The number of carbonyl (C=O) groups excluding carboxylic acids is 1. The quantitative estimate of drug-likeness (QED) is 0.870. The molecule has 2 aromatic carbocycles. The molecule has 1 amide bonds. The highest BCUT2D eigenvalue weighted by Gasteiger charge is 2.33. The lowest BCUT2D eigenvalue weighted by Gasteiger charge is -2.23. The van der Waals surface area contributed by atoms with Crippen LogP contribution < -0.4 is 9.62 Å². The van der Waals surface area contributed by atoms with Gasteiger partial charge in [0.1, 0.15) is 4.90 Å². The Morgan fingerprint density at radius 2 is 1.92 bits per heavy atom. The van der Waals surface area contributed by atoms with E-state index in [1.807, 2.05) is 31.2 Å². The average Bonchev–Trinajstić information content (AvgIpc) is 3.33. The highest BCUT2D eigenvalue weighted by Crippen LogP contribution is 2.34. The summed E-state index contributed by atoms with van der Waals surface area (Å²) in [6.07, 6.45) is 2.44. The summed E-state index contributed by atoms with van der Waals surface area (Å²) in [4.78, 5) is 14.8. The van der Waals surface area contributed by atoms with Gasteiger partial charge in [0, 0.05) is 23.3 Å². The maximum atomic E-state index is 13.1. The van der Waals surface area contributed by atoms with Crippen LogP contribution in [0.1, 0.15) is 35.7 Å². The molecule has 2 aromatic rings. The van der Waals surface area contributed by atoms with Crippen molar-refractivity contribution in [3.63, 3.8) is 0 Å². The third-order valence-corrected chi connectivity index (χ3v) is 6.79. The lowest BCUT2D eigenvalue weighted by molar-refractivity contribution is 0.0981. The molecule has 136 valence electrons. The fraction of sp³-hybridized carbons (Fsp3) is 0.316. The Bertz CT molecular complexity index is 986. The van der Waals surface area contributed by atoms with E-state index in [0.717, 1.165) is 30.5 Å². The van der Waals surface area contributed by atoms with Gasteiger partial charge in [0.15, 0.2) is 0 Å². The maximum Gasteiger partial charge on any atom is 0.258 e. The first-order chi connectivity index (χ1) is 12.4. The predicted molar refractivity (Wildman–Crippen MR) is 101 cm³/mol. The van der Waals surface area contributed by atoms with Crippen LogP contribution in [0, 0.1) is 0 Å². The van der Waals surface area contributed by atoms with Gasteiger partial charge in [-0.1, -0.05) is 29.8 Å². The molecule has 7 heteroatoms. The third kappa shape index (κ3) is 3.13. The fourth-order valence-electron chi connectivity index (χ4n) is 3.34. The van der Waals surface area contributed by atoms with Gasteiger partial charge in [0.25, 0.3) is 5.91 Å². The molecule has 1 saturated carbocycles. The number of amides is 1. The summed E-state index contributed by atoms with van der Waals surface area (Å²) in [6, 6.07) is 12.2. The van der Waals surface area contributed by atoms with E-state index < -0.39 is 10.0 Å². The number of rotatable bonds is 4. The van der Waals surface area contributed by atoms with E-state index in [2.05, 4.69) is 4.72 Å². The van der Waals surface area contributed by atoms with Crippen LogP contribution in [0.2, 0.25) is 5.02 Å². The molecule has 1 unspecified atom stereocenters. The smallest absolute Gasteiger partial charge is 0.258 e. The summed E-state index contributed by atoms with van der Waals surface area (Å²) >= 11 is 6.11. The number of halogens is 1. The second kappa shape index (κ2) is 6.37. The molecule has 4 rings (SSSR count). The summed E-state index contributed by atoms with van der Waals surface area (Å²) in [6.45, 7) is 1.99. The first kappa shape index (κ1) is 17.5. The standard InChI is InChI=1S/C19H19ClN2O3S/c1-12-10-13-4-2-3-5-17(13)22(12)19(23)14-6-9-16(20)18(11-14)26(24,25)21-15-7-8-15/h2-6,9,11-12,15,21H,7-8,10H2,1H3. The molecule has 2 aliphatic rings. The highest BCUT2D eigenvalue weighted by atomic mass is 35.5. The zero-order valence-electron chi connectivity index (χ0n) is 14.3. The topological polar surface area (TPSA) is 66.5 Å². The van der Waals surface area contributed by atoms with Crippen molar-refractivity contribution in [2.45, 2.75) is 43.2 Å². The van der Waals surface area contributed by atoms with Gasteiger partial charge in [-0.2, -0.15) is 0 Å². The number of carbonyl (C=O) groups is 1. The summed E-state index contributed by atoms with van der Waals surface area (Å²) in [5.41, 5.74) is 2.31. The first-order valence-electron chi connectivity index (χ1n) is 8.60. The number of benzene rings is 2. The van der Waals surface area contributed by atoms with E-state index in [0.29, 0.717) is 5.56 Å². The van der Waals surface area contributed by atoms with Crippen molar-refractivity contribution < 1.29 is 13.2 Å². The molecule has 1 fully saturated rings. The second-order valence-electron chi connectivity index (χ2n) is 6.90. The third-order valence-electron chi connectivity index (χ3n) is 4.79. The lowest BCUT2D eigenvalue weighted by Crippen LogP contribution is -2.36. The van der Waals surface area contributed by atoms with E-state index in [-0.39, 0.29) is 27.9 Å². The molecule has 1 aliphatic heterocycles. The Kier molecular flexibility index (Phi) is 4.29. The molecular formula is C19H19ClN2O3S. The van der Waals surface area contributed by atoms with E-state index in [9.17, 15) is 13.2 Å². The molecule has 26 heavy (non-hydrogen) atoms. The number of sulfonamides is 1. The molecule has 1 aliphatic carbocycles. The number of hydrogen-bond donors (Lipinski definition) is 1. The molecule has 5 nitrogen and oxygen atoms in total. The van der Waals surface area contributed by atoms with Gasteiger partial charge in [-0.3, -0.25) is 4.79 Å². The Labute approximate surface area is 158 Å². The Morgan fingerprint density at radius 1 is 1.19 bits per heavy atom. The number of para-hydroxylation sites is 1. The SMILES string of the molecule is CC1Cc2ccccc2N1C(=O)c1ccc(Cl)c(S(=O)(=O)NC2CC2)c1. The molecule has 1 heterocycles. The lowest BCUT2D eigenvalue weighted by atomic mass is 10.1.